The molecular weight excluding hydrogens is 152 g/mol. The van der Waals surface area contributed by atoms with E-state index in [2.05, 4.69) is 19.9 Å². The number of hydrogen-bond donors (Lipinski definition) is 0. The fourth-order valence-corrected chi connectivity index (χ4v) is 0.749. The molecule has 0 aliphatic rings. The predicted molar refractivity (Wildman–Crippen MR) is 49.6 cm³/mol. The number of carbonyl (C=O) groups is 1. The van der Waals surface area contributed by atoms with Gasteiger partial charge in [-0.3, -0.25) is 4.79 Å². The van der Waals surface area contributed by atoms with E-state index in [0.717, 1.165) is 12.8 Å². The Labute approximate surface area is 74.6 Å². The first-order valence-corrected chi connectivity index (χ1v) is 4.21. The number of carbonyl (C=O) groups excluding carboxylic acids is 1. The maximum Gasteiger partial charge on any atom is 0.302 e. The van der Waals surface area contributed by atoms with E-state index in [4.69, 9.17) is 4.74 Å². The highest BCUT2D eigenvalue weighted by molar-refractivity contribution is 5.65. The summed E-state index contributed by atoms with van der Waals surface area (Å²) in [7, 11) is 0. The first kappa shape index (κ1) is 11.2. The normalized spacial score (nSPS) is 9.25. The third-order valence-electron chi connectivity index (χ3n) is 1.33. The summed E-state index contributed by atoms with van der Waals surface area (Å²) in [6, 6.07) is 0. The smallest absolute Gasteiger partial charge is 0.302 e. The van der Waals surface area contributed by atoms with Crippen molar-refractivity contribution in [2.45, 2.75) is 33.6 Å². The Bertz CT molecular complexity index is 155. The van der Waals surface area contributed by atoms with Gasteiger partial charge in [-0.1, -0.05) is 11.6 Å². The molecule has 0 fully saturated rings. The average molecular weight is 169 g/mol. The molecule has 0 heterocycles. The van der Waals surface area contributed by atoms with Crippen LogP contribution in [0.3, 0.4) is 0 Å². The fraction of sp³-hybridized carbons (Fsp3) is 0.600. The molecule has 0 bridgehead atoms. The van der Waals surface area contributed by atoms with Crippen LogP contribution in [0.4, 0.5) is 0 Å². The van der Waals surface area contributed by atoms with Crippen molar-refractivity contribution >= 4 is 5.97 Å². The monoisotopic (exact) mass is 169 g/mol. The molecule has 1 radical (unpaired) electrons. The molecule has 2 heteroatoms. The molecule has 0 aromatic heterocycles. The maximum absolute atomic E-state index is 10.3. The summed E-state index contributed by atoms with van der Waals surface area (Å²) in [5.41, 5.74) is 1.33. The lowest BCUT2D eigenvalue weighted by Crippen LogP contribution is -2.00. The first-order valence-electron chi connectivity index (χ1n) is 4.21. The molecule has 0 atom stereocenters. The van der Waals surface area contributed by atoms with E-state index in [1.165, 1.54) is 12.5 Å². The molecular formula is C10H17O2. The zero-order chi connectivity index (χ0) is 9.40. The summed E-state index contributed by atoms with van der Waals surface area (Å²) < 4.78 is 4.73. The molecule has 0 aromatic carbocycles. The van der Waals surface area contributed by atoms with Crippen molar-refractivity contribution in [1.82, 2.24) is 0 Å². The quantitative estimate of drug-likeness (QED) is 0.359. The van der Waals surface area contributed by atoms with Gasteiger partial charge in [-0.15, -0.1) is 0 Å². The van der Waals surface area contributed by atoms with Gasteiger partial charge >= 0.3 is 5.97 Å². The van der Waals surface area contributed by atoms with Crippen molar-refractivity contribution in [2.75, 3.05) is 6.61 Å². The van der Waals surface area contributed by atoms with Gasteiger partial charge in [0.2, 0.25) is 0 Å². The molecule has 0 saturated heterocycles. The third-order valence-corrected chi connectivity index (χ3v) is 1.33. The maximum atomic E-state index is 10.3. The Morgan fingerprint density at radius 3 is 2.42 bits per heavy atom. The van der Waals surface area contributed by atoms with E-state index in [-0.39, 0.29) is 5.97 Å². The molecule has 2 nitrogen and oxygen atoms in total. The van der Waals surface area contributed by atoms with Crippen LogP contribution in [-0.4, -0.2) is 12.6 Å². The zero-order valence-electron chi connectivity index (χ0n) is 8.09. The van der Waals surface area contributed by atoms with Crippen LogP contribution in [0.1, 0.15) is 33.6 Å². The van der Waals surface area contributed by atoms with E-state index in [0.29, 0.717) is 6.61 Å². The molecule has 0 unspecified atom stereocenters. The highest BCUT2D eigenvalue weighted by Crippen LogP contribution is 1.99. The molecule has 0 spiro atoms. The van der Waals surface area contributed by atoms with Gasteiger partial charge in [0.15, 0.2) is 0 Å². The second kappa shape index (κ2) is 6.89. The van der Waals surface area contributed by atoms with Crippen molar-refractivity contribution < 1.29 is 9.53 Å². The largest absolute Gasteiger partial charge is 0.466 e. The van der Waals surface area contributed by atoms with Crippen LogP contribution in [0.15, 0.2) is 11.6 Å². The predicted octanol–water partition coefficient (Wildman–Crippen LogP) is 2.50. The van der Waals surface area contributed by atoms with Gasteiger partial charge in [0.1, 0.15) is 0 Å². The number of esters is 1. The van der Waals surface area contributed by atoms with Crippen LogP contribution in [0, 0.1) is 6.42 Å². The topological polar surface area (TPSA) is 26.3 Å². The highest BCUT2D eigenvalue weighted by Gasteiger charge is 1.91. The summed E-state index contributed by atoms with van der Waals surface area (Å²) in [5, 5.41) is 0. The number of allylic oxidation sites excluding steroid dienone is 2. The van der Waals surface area contributed by atoms with Crippen LogP contribution < -0.4 is 0 Å². The lowest BCUT2D eigenvalue weighted by atomic mass is 10.2. The van der Waals surface area contributed by atoms with Crippen molar-refractivity contribution in [1.29, 1.82) is 0 Å². The minimum absolute atomic E-state index is 0.214. The third kappa shape index (κ3) is 9.21. The Balaban J connectivity index is 3.11. The summed E-state index contributed by atoms with van der Waals surface area (Å²) in [4.78, 5) is 10.3. The minimum Gasteiger partial charge on any atom is -0.466 e. The van der Waals surface area contributed by atoms with Gasteiger partial charge in [-0.2, -0.15) is 0 Å². The SMILES string of the molecule is CC(=O)OC[CH]CCC=C(C)C. The van der Waals surface area contributed by atoms with Crippen molar-refractivity contribution in [3.8, 4) is 0 Å². The molecule has 69 valence electrons. The van der Waals surface area contributed by atoms with Gasteiger partial charge in [-0.25, -0.2) is 0 Å². The van der Waals surface area contributed by atoms with Crippen molar-refractivity contribution in [2.24, 2.45) is 0 Å². The van der Waals surface area contributed by atoms with Gasteiger partial charge < -0.3 is 4.74 Å². The van der Waals surface area contributed by atoms with Gasteiger partial charge in [-0.05, 0) is 33.1 Å². The number of rotatable bonds is 5. The molecule has 0 rings (SSSR count). The van der Waals surface area contributed by atoms with Crippen molar-refractivity contribution in [3.05, 3.63) is 18.1 Å². The highest BCUT2D eigenvalue weighted by atomic mass is 16.5. The Hall–Kier alpha value is -0.790. The number of unbranched alkanes of at least 4 members (excludes halogenated alkanes) is 2. The van der Waals surface area contributed by atoms with Crippen LogP contribution >= 0.6 is 0 Å². The van der Waals surface area contributed by atoms with E-state index in [9.17, 15) is 4.79 Å². The van der Waals surface area contributed by atoms with Crippen molar-refractivity contribution in [3.63, 3.8) is 0 Å². The lowest BCUT2D eigenvalue weighted by Gasteiger charge is -1.99. The fourth-order valence-electron chi connectivity index (χ4n) is 0.749. The van der Waals surface area contributed by atoms with Gasteiger partial charge in [0, 0.05) is 6.92 Å². The second-order valence-corrected chi connectivity index (χ2v) is 2.95. The summed E-state index contributed by atoms with van der Waals surface area (Å²) in [6.45, 7) is 6.01. The van der Waals surface area contributed by atoms with Crippen LogP contribution in [0.5, 0.6) is 0 Å². The standard InChI is InChI=1S/C10H17O2/c1-9(2)7-5-4-6-8-12-10(3)11/h6-7H,4-5,8H2,1-3H3. The average Bonchev–Trinajstić information content (AvgIpc) is 1.95. The summed E-state index contributed by atoms with van der Waals surface area (Å²) in [6.07, 6.45) is 6.15. The molecule has 0 aromatic rings. The van der Waals surface area contributed by atoms with Crippen LogP contribution in [0.25, 0.3) is 0 Å². The minimum atomic E-state index is -0.214. The molecule has 0 aliphatic carbocycles. The van der Waals surface area contributed by atoms with E-state index >= 15 is 0 Å². The Morgan fingerprint density at radius 2 is 1.92 bits per heavy atom. The zero-order valence-corrected chi connectivity index (χ0v) is 8.09. The van der Waals surface area contributed by atoms with Crippen LogP contribution in [-0.2, 0) is 9.53 Å². The van der Waals surface area contributed by atoms with Gasteiger partial charge in [0.05, 0.1) is 6.61 Å². The summed E-state index contributed by atoms with van der Waals surface area (Å²) >= 11 is 0. The number of hydrogen-bond acceptors (Lipinski definition) is 2. The Morgan fingerprint density at radius 1 is 1.25 bits per heavy atom. The first-order chi connectivity index (χ1) is 5.63. The Kier molecular flexibility index (Phi) is 6.44. The van der Waals surface area contributed by atoms with E-state index in [1.807, 2.05) is 6.42 Å². The molecule has 0 aliphatic heterocycles. The van der Waals surface area contributed by atoms with E-state index in [1.54, 1.807) is 0 Å². The lowest BCUT2D eigenvalue weighted by molar-refractivity contribution is -0.140. The molecule has 0 N–H and O–H groups in total. The molecule has 0 saturated carbocycles. The molecule has 12 heavy (non-hydrogen) atoms. The summed E-state index contributed by atoms with van der Waals surface area (Å²) in [5.74, 6) is -0.214. The number of ether oxygens (including phenoxy) is 1. The van der Waals surface area contributed by atoms with Crippen LogP contribution in [0.2, 0.25) is 0 Å². The van der Waals surface area contributed by atoms with E-state index < -0.39 is 0 Å². The van der Waals surface area contributed by atoms with Gasteiger partial charge in [0.25, 0.3) is 0 Å². The molecule has 0 amide bonds. The second-order valence-electron chi connectivity index (χ2n) is 2.95.